The van der Waals surface area contributed by atoms with Crippen molar-refractivity contribution in [1.82, 2.24) is 9.62 Å². The summed E-state index contributed by atoms with van der Waals surface area (Å²) in [6.07, 6.45) is 3.71. The van der Waals surface area contributed by atoms with E-state index < -0.39 is 10.0 Å². The first-order valence-electron chi connectivity index (χ1n) is 7.17. The Labute approximate surface area is 112 Å². The van der Waals surface area contributed by atoms with Gasteiger partial charge >= 0.3 is 0 Å². The number of hydrogen-bond donors (Lipinski definition) is 1. The Bertz CT molecular complexity index is 322. The van der Waals surface area contributed by atoms with E-state index in [2.05, 4.69) is 19.2 Å². The van der Waals surface area contributed by atoms with Crippen LogP contribution >= 0.6 is 0 Å². The highest BCUT2D eigenvalue weighted by atomic mass is 32.2. The van der Waals surface area contributed by atoms with Crippen molar-refractivity contribution in [3.63, 3.8) is 0 Å². The largest absolute Gasteiger partial charge is 0.315 e. The van der Waals surface area contributed by atoms with Gasteiger partial charge < -0.3 is 5.32 Å². The van der Waals surface area contributed by atoms with Crippen molar-refractivity contribution in [1.29, 1.82) is 0 Å². The minimum Gasteiger partial charge on any atom is -0.315 e. The van der Waals surface area contributed by atoms with E-state index in [9.17, 15) is 8.42 Å². The predicted molar refractivity (Wildman–Crippen MR) is 76.1 cm³/mol. The second kappa shape index (κ2) is 7.46. The van der Waals surface area contributed by atoms with Crippen molar-refractivity contribution in [2.45, 2.75) is 52.5 Å². The van der Waals surface area contributed by atoms with E-state index in [-0.39, 0.29) is 6.04 Å². The summed E-state index contributed by atoms with van der Waals surface area (Å²) < 4.78 is 26.6. The molecule has 0 bridgehead atoms. The molecule has 1 N–H and O–H groups in total. The molecular weight excluding hydrogens is 248 g/mol. The molecule has 1 unspecified atom stereocenters. The highest BCUT2D eigenvalue weighted by Gasteiger charge is 2.29. The molecule has 0 spiro atoms. The molecule has 0 amide bonds. The fourth-order valence-corrected chi connectivity index (χ4v) is 4.45. The summed E-state index contributed by atoms with van der Waals surface area (Å²) in [4.78, 5) is 0. The third-order valence-corrected chi connectivity index (χ3v) is 5.38. The van der Waals surface area contributed by atoms with Crippen LogP contribution in [0.15, 0.2) is 0 Å². The van der Waals surface area contributed by atoms with E-state index in [4.69, 9.17) is 0 Å². The van der Waals surface area contributed by atoms with Gasteiger partial charge in [0.1, 0.15) is 0 Å². The monoisotopic (exact) mass is 276 g/mol. The van der Waals surface area contributed by atoms with E-state index in [1.165, 1.54) is 0 Å². The fourth-order valence-electron chi connectivity index (χ4n) is 2.35. The first-order valence-corrected chi connectivity index (χ1v) is 8.78. The average Bonchev–Trinajstić information content (AvgIpc) is 2.34. The topological polar surface area (TPSA) is 49.4 Å². The second-order valence-corrected chi connectivity index (χ2v) is 7.65. The molecule has 1 atom stereocenters. The van der Waals surface area contributed by atoms with Gasteiger partial charge in [-0.2, -0.15) is 4.31 Å². The van der Waals surface area contributed by atoms with Gasteiger partial charge in [0.25, 0.3) is 0 Å². The van der Waals surface area contributed by atoms with Gasteiger partial charge in [0, 0.05) is 19.1 Å². The van der Waals surface area contributed by atoms with Gasteiger partial charge in [-0.3, -0.25) is 0 Å². The summed E-state index contributed by atoms with van der Waals surface area (Å²) >= 11 is 0. The summed E-state index contributed by atoms with van der Waals surface area (Å²) in [6.45, 7) is 8.67. The Morgan fingerprint density at radius 1 is 1.39 bits per heavy atom. The van der Waals surface area contributed by atoms with Crippen LogP contribution in [0.1, 0.15) is 46.5 Å². The molecule has 0 aromatic carbocycles. The number of sulfonamides is 1. The average molecular weight is 276 g/mol. The van der Waals surface area contributed by atoms with E-state index in [1.807, 2.05) is 6.92 Å². The van der Waals surface area contributed by atoms with Crippen molar-refractivity contribution >= 4 is 10.0 Å². The number of piperidine rings is 1. The Morgan fingerprint density at radius 2 is 2.11 bits per heavy atom. The van der Waals surface area contributed by atoms with E-state index in [0.717, 1.165) is 38.8 Å². The minimum atomic E-state index is -3.09. The zero-order chi connectivity index (χ0) is 13.6. The van der Waals surface area contributed by atoms with Crippen molar-refractivity contribution in [2.24, 2.45) is 5.92 Å². The standard InChI is InChI=1S/C13H28N2O2S/c1-4-9-15(13-6-5-8-14-11-13)18(16,17)10-7-12(2)3/h12-14H,4-11H2,1-3H3. The SMILES string of the molecule is CCCN(C1CCCNC1)S(=O)(=O)CCC(C)C. The predicted octanol–water partition coefficient (Wildman–Crippen LogP) is 1.83. The zero-order valence-electron chi connectivity index (χ0n) is 12.0. The Kier molecular flexibility index (Phi) is 6.60. The van der Waals surface area contributed by atoms with Crippen LogP contribution in [0.5, 0.6) is 0 Å². The number of rotatable bonds is 7. The second-order valence-electron chi connectivity index (χ2n) is 5.61. The number of nitrogens with zero attached hydrogens (tertiary/aromatic N) is 1. The maximum Gasteiger partial charge on any atom is 0.214 e. The van der Waals surface area contributed by atoms with Crippen molar-refractivity contribution in [2.75, 3.05) is 25.4 Å². The van der Waals surface area contributed by atoms with Gasteiger partial charge in [0.05, 0.1) is 5.75 Å². The van der Waals surface area contributed by atoms with Crippen LogP contribution in [-0.4, -0.2) is 44.2 Å². The van der Waals surface area contributed by atoms with Crippen molar-refractivity contribution < 1.29 is 8.42 Å². The Hall–Kier alpha value is -0.130. The molecule has 0 aliphatic carbocycles. The first kappa shape index (κ1) is 15.9. The highest BCUT2D eigenvalue weighted by molar-refractivity contribution is 7.89. The third-order valence-electron chi connectivity index (χ3n) is 3.43. The third kappa shape index (κ3) is 4.86. The van der Waals surface area contributed by atoms with Crippen LogP contribution in [0.2, 0.25) is 0 Å². The van der Waals surface area contributed by atoms with Crippen LogP contribution in [0, 0.1) is 5.92 Å². The molecule has 5 heteroatoms. The molecule has 1 fully saturated rings. The van der Waals surface area contributed by atoms with Gasteiger partial charge in [-0.1, -0.05) is 20.8 Å². The molecule has 1 rings (SSSR count). The van der Waals surface area contributed by atoms with Crippen LogP contribution in [-0.2, 0) is 10.0 Å². The lowest BCUT2D eigenvalue weighted by Gasteiger charge is -2.33. The van der Waals surface area contributed by atoms with Crippen LogP contribution in [0.25, 0.3) is 0 Å². The summed E-state index contributed by atoms with van der Waals surface area (Å²) in [5.74, 6) is 0.731. The lowest BCUT2D eigenvalue weighted by Crippen LogP contribution is -2.49. The molecule has 0 saturated carbocycles. The Morgan fingerprint density at radius 3 is 2.61 bits per heavy atom. The Balaban J connectivity index is 2.69. The van der Waals surface area contributed by atoms with E-state index in [0.29, 0.717) is 18.2 Å². The molecule has 0 radical (unpaired) electrons. The van der Waals surface area contributed by atoms with E-state index >= 15 is 0 Å². The molecule has 1 saturated heterocycles. The van der Waals surface area contributed by atoms with Gasteiger partial charge in [0.15, 0.2) is 0 Å². The quantitative estimate of drug-likeness (QED) is 0.772. The molecule has 4 nitrogen and oxygen atoms in total. The smallest absolute Gasteiger partial charge is 0.214 e. The molecule has 1 heterocycles. The zero-order valence-corrected chi connectivity index (χ0v) is 12.8. The maximum absolute atomic E-state index is 12.4. The molecule has 1 aliphatic rings. The minimum absolute atomic E-state index is 0.163. The van der Waals surface area contributed by atoms with Gasteiger partial charge in [0.2, 0.25) is 10.0 Å². The summed E-state index contributed by atoms with van der Waals surface area (Å²) in [7, 11) is -3.09. The molecule has 1 aliphatic heterocycles. The van der Waals surface area contributed by atoms with Crippen LogP contribution < -0.4 is 5.32 Å². The number of nitrogens with one attached hydrogen (secondary N) is 1. The van der Waals surface area contributed by atoms with Crippen LogP contribution in [0.4, 0.5) is 0 Å². The maximum atomic E-state index is 12.4. The molecular formula is C13H28N2O2S. The van der Waals surface area contributed by atoms with Gasteiger partial charge in [-0.15, -0.1) is 0 Å². The van der Waals surface area contributed by atoms with E-state index in [1.54, 1.807) is 4.31 Å². The number of hydrogen-bond acceptors (Lipinski definition) is 3. The van der Waals surface area contributed by atoms with Crippen molar-refractivity contribution in [3.8, 4) is 0 Å². The van der Waals surface area contributed by atoms with Gasteiger partial charge in [-0.05, 0) is 38.1 Å². The van der Waals surface area contributed by atoms with Gasteiger partial charge in [-0.25, -0.2) is 8.42 Å². The summed E-state index contributed by atoms with van der Waals surface area (Å²) in [6, 6.07) is 0.163. The summed E-state index contributed by atoms with van der Waals surface area (Å²) in [5, 5.41) is 3.30. The molecule has 0 aromatic rings. The van der Waals surface area contributed by atoms with Crippen molar-refractivity contribution in [3.05, 3.63) is 0 Å². The molecule has 18 heavy (non-hydrogen) atoms. The van der Waals surface area contributed by atoms with Crippen LogP contribution in [0.3, 0.4) is 0 Å². The fraction of sp³-hybridized carbons (Fsp3) is 1.00. The molecule has 0 aromatic heterocycles. The normalized spacial score (nSPS) is 21.7. The highest BCUT2D eigenvalue weighted by Crippen LogP contribution is 2.17. The molecule has 108 valence electrons. The lowest BCUT2D eigenvalue weighted by molar-refractivity contribution is 0.265. The first-order chi connectivity index (χ1) is 8.47. The lowest BCUT2D eigenvalue weighted by atomic mass is 10.1. The summed E-state index contributed by atoms with van der Waals surface area (Å²) in [5.41, 5.74) is 0.